The van der Waals surface area contributed by atoms with Crippen LogP contribution in [0.25, 0.3) is 49.7 Å². The monoisotopic (exact) mass is 507 g/mol. The van der Waals surface area contributed by atoms with Gasteiger partial charge >= 0.3 is 7.12 Å². The molecule has 1 aromatic heterocycles. The fourth-order valence-corrected chi connectivity index (χ4v) is 5.62. The third-order valence-corrected chi connectivity index (χ3v) is 7.63. The molecule has 2 heterocycles. The maximum absolute atomic E-state index is 6.12. The van der Waals surface area contributed by atoms with Gasteiger partial charge in [-0.3, -0.25) is 0 Å². The lowest BCUT2D eigenvalue weighted by molar-refractivity contribution is 0.0343. The number of rotatable bonds is 4. The largest absolute Gasteiger partial charge is 0.493 e. The third-order valence-electron chi connectivity index (χ3n) is 7.63. The van der Waals surface area contributed by atoms with Crippen LogP contribution in [0.15, 0.2) is 121 Å². The molecule has 0 spiro atoms. The highest BCUT2D eigenvalue weighted by Crippen LogP contribution is 2.37. The van der Waals surface area contributed by atoms with E-state index in [1.54, 1.807) is 0 Å². The van der Waals surface area contributed by atoms with Gasteiger partial charge in [-0.15, -0.1) is 0 Å². The van der Waals surface area contributed by atoms with Gasteiger partial charge in [0.25, 0.3) is 0 Å². The Morgan fingerprint density at radius 1 is 0.564 bits per heavy atom. The van der Waals surface area contributed by atoms with Crippen LogP contribution in [0.2, 0.25) is 0 Å². The van der Waals surface area contributed by atoms with E-state index in [2.05, 4.69) is 140 Å². The fourth-order valence-electron chi connectivity index (χ4n) is 5.62. The van der Waals surface area contributed by atoms with E-state index in [1.165, 1.54) is 44.1 Å². The highest BCUT2D eigenvalue weighted by molar-refractivity contribution is 6.61. The van der Waals surface area contributed by atoms with E-state index in [0.29, 0.717) is 13.2 Å². The van der Waals surface area contributed by atoms with Gasteiger partial charge in [-0.1, -0.05) is 98.8 Å². The van der Waals surface area contributed by atoms with Gasteiger partial charge in [-0.2, -0.15) is 0 Å². The summed E-state index contributed by atoms with van der Waals surface area (Å²) < 4.78 is 14.6. The van der Waals surface area contributed by atoms with Crippen LogP contribution in [-0.2, 0) is 9.31 Å². The first-order valence-electron chi connectivity index (χ1n) is 13.6. The summed E-state index contributed by atoms with van der Waals surface area (Å²) in [5.74, 6) is 0. The number of fused-ring (bicyclic) bond motifs is 3. The molecule has 4 heteroatoms. The van der Waals surface area contributed by atoms with Crippen LogP contribution in [0, 0.1) is 5.41 Å². The topological polar surface area (TPSA) is 23.4 Å². The molecule has 0 N–H and O–H groups in total. The second kappa shape index (κ2) is 9.57. The van der Waals surface area contributed by atoms with Crippen LogP contribution in [0.5, 0.6) is 0 Å². The summed E-state index contributed by atoms with van der Waals surface area (Å²) in [6, 6.07) is 43.4. The summed E-state index contributed by atoms with van der Waals surface area (Å²) in [7, 11) is -0.347. The summed E-state index contributed by atoms with van der Waals surface area (Å²) in [6.45, 7) is 5.71. The van der Waals surface area contributed by atoms with Gasteiger partial charge in [-0.25, -0.2) is 0 Å². The van der Waals surface area contributed by atoms with Crippen LogP contribution in [0.1, 0.15) is 13.8 Å². The van der Waals surface area contributed by atoms with E-state index >= 15 is 0 Å². The molecule has 3 nitrogen and oxygen atoms in total. The number of aromatic nitrogens is 1. The highest BCUT2D eigenvalue weighted by Gasteiger charge is 2.33. The Hall–Kier alpha value is -4.12. The summed E-state index contributed by atoms with van der Waals surface area (Å²) in [5, 5.41) is 2.47. The van der Waals surface area contributed by atoms with Crippen molar-refractivity contribution in [2.75, 3.05) is 13.2 Å². The second-order valence-corrected chi connectivity index (χ2v) is 11.2. The molecule has 5 aromatic carbocycles. The van der Waals surface area contributed by atoms with Crippen molar-refractivity contribution in [1.29, 1.82) is 0 Å². The number of benzene rings is 5. The van der Waals surface area contributed by atoms with Gasteiger partial charge in [0.15, 0.2) is 0 Å². The van der Waals surface area contributed by atoms with Crippen molar-refractivity contribution in [1.82, 2.24) is 4.57 Å². The highest BCUT2D eigenvalue weighted by atomic mass is 16.6. The Morgan fingerprint density at radius 2 is 1.10 bits per heavy atom. The van der Waals surface area contributed by atoms with E-state index in [-0.39, 0.29) is 12.5 Å². The minimum Gasteiger partial charge on any atom is -0.407 e. The average Bonchev–Trinajstić information content (AvgIpc) is 3.31. The Kier molecular flexibility index (Phi) is 5.88. The predicted octanol–water partition coefficient (Wildman–Crippen LogP) is 7.89. The SMILES string of the molecule is CC1(C)COB(c2cccc(-n3c4ccc(-c5ccccc5)cc4c4cc(-c5ccccc5)ccc43)c2)OC1. The average molecular weight is 507 g/mol. The Balaban J connectivity index is 1.41. The van der Waals surface area contributed by atoms with Crippen molar-refractivity contribution in [3.63, 3.8) is 0 Å². The third kappa shape index (κ3) is 4.46. The molecule has 0 atom stereocenters. The predicted molar refractivity (Wildman–Crippen MR) is 163 cm³/mol. The smallest absolute Gasteiger partial charge is 0.407 e. The molecule has 1 aliphatic heterocycles. The molecule has 1 saturated heterocycles. The zero-order valence-electron chi connectivity index (χ0n) is 22.3. The molecule has 0 bridgehead atoms. The number of hydrogen-bond acceptors (Lipinski definition) is 2. The summed E-state index contributed by atoms with van der Waals surface area (Å²) >= 11 is 0. The number of hydrogen-bond donors (Lipinski definition) is 0. The first-order valence-corrected chi connectivity index (χ1v) is 13.6. The molecule has 190 valence electrons. The summed E-state index contributed by atoms with van der Waals surface area (Å²) in [6.07, 6.45) is 0. The van der Waals surface area contributed by atoms with Crippen molar-refractivity contribution in [2.24, 2.45) is 5.41 Å². The normalized spacial score (nSPS) is 15.2. The van der Waals surface area contributed by atoms with E-state index in [1.807, 2.05) is 0 Å². The lowest BCUT2D eigenvalue weighted by Crippen LogP contribution is -2.47. The lowest BCUT2D eigenvalue weighted by atomic mass is 9.76. The Morgan fingerprint density at radius 3 is 1.64 bits per heavy atom. The Labute approximate surface area is 229 Å². The molecule has 1 aliphatic rings. The summed E-state index contributed by atoms with van der Waals surface area (Å²) in [5.41, 5.74) is 9.40. The summed E-state index contributed by atoms with van der Waals surface area (Å²) in [4.78, 5) is 0. The van der Waals surface area contributed by atoms with Gasteiger partial charge in [0.2, 0.25) is 0 Å². The van der Waals surface area contributed by atoms with E-state index in [9.17, 15) is 0 Å². The molecule has 0 amide bonds. The molecule has 6 aromatic rings. The standard InChI is InChI=1S/C35H30BNO2/c1-35(2)23-38-36(39-24-35)29-14-9-15-30(22-29)37-33-18-16-27(25-10-5-3-6-11-25)20-31(33)32-21-28(17-19-34(32)37)26-12-7-4-8-13-26/h3-22H,23-24H2,1-2H3. The maximum atomic E-state index is 6.12. The van der Waals surface area contributed by atoms with Crippen molar-refractivity contribution < 1.29 is 9.31 Å². The fraction of sp³-hybridized carbons (Fsp3) is 0.143. The van der Waals surface area contributed by atoms with Crippen molar-refractivity contribution in [2.45, 2.75) is 13.8 Å². The first-order chi connectivity index (χ1) is 19.1. The van der Waals surface area contributed by atoms with Crippen LogP contribution >= 0.6 is 0 Å². The molecule has 39 heavy (non-hydrogen) atoms. The van der Waals surface area contributed by atoms with Crippen molar-refractivity contribution in [3.8, 4) is 27.9 Å². The van der Waals surface area contributed by atoms with Gasteiger partial charge in [0.05, 0.1) is 11.0 Å². The van der Waals surface area contributed by atoms with E-state index in [0.717, 1.165) is 11.2 Å². The molecule has 0 aliphatic carbocycles. The number of nitrogens with zero attached hydrogens (tertiary/aromatic N) is 1. The quantitative estimate of drug-likeness (QED) is 0.227. The van der Waals surface area contributed by atoms with Crippen LogP contribution in [0.3, 0.4) is 0 Å². The lowest BCUT2D eigenvalue weighted by Gasteiger charge is -2.33. The van der Waals surface area contributed by atoms with Crippen molar-refractivity contribution in [3.05, 3.63) is 121 Å². The maximum Gasteiger partial charge on any atom is 0.493 e. The molecular formula is C35H30BNO2. The van der Waals surface area contributed by atoms with Gasteiger partial charge in [0, 0.05) is 35.1 Å². The van der Waals surface area contributed by atoms with Crippen LogP contribution < -0.4 is 5.46 Å². The molecule has 0 unspecified atom stereocenters. The molecule has 0 radical (unpaired) electrons. The van der Waals surface area contributed by atoms with Gasteiger partial charge in [-0.05, 0) is 64.1 Å². The van der Waals surface area contributed by atoms with E-state index < -0.39 is 0 Å². The van der Waals surface area contributed by atoms with Crippen molar-refractivity contribution >= 4 is 34.4 Å². The molecular weight excluding hydrogens is 477 g/mol. The minimum absolute atomic E-state index is 0.0356. The molecule has 1 fully saturated rings. The Bertz CT molecular complexity index is 1680. The van der Waals surface area contributed by atoms with E-state index in [4.69, 9.17) is 9.31 Å². The zero-order chi connectivity index (χ0) is 26.4. The molecule has 7 rings (SSSR count). The van der Waals surface area contributed by atoms with Gasteiger partial charge in [0.1, 0.15) is 0 Å². The second-order valence-electron chi connectivity index (χ2n) is 11.2. The minimum atomic E-state index is -0.347. The van der Waals surface area contributed by atoms with Crippen LogP contribution in [0.4, 0.5) is 0 Å². The first kappa shape index (κ1) is 24.0. The van der Waals surface area contributed by atoms with Gasteiger partial charge < -0.3 is 13.9 Å². The van der Waals surface area contributed by atoms with Crippen LogP contribution in [-0.4, -0.2) is 24.9 Å². The zero-order valence-corrected chi connectivity index (χ0v) is 22.3. The molecule has 0 saturated carbocycles.